The molecule has 3 atom stereocenters. The van der Waals surface area contributed by atoms with Gasteiger partial charge in [-0.1, -0.05) is 32.6 Å². The third-order valence-electron chi connectivity index (χ3n) is 3.78. The predicted octanol–water partition coefficient (Wildman–Crippen LogP) is 3.93. The maximum atomic E-state index is 14.2. The van der Waals surface area contributed by atoms with Crippen LogP contribution >= 0.6 is 0 Å². The maximum Gasteiger partial charge on any atom is 0.116 e. The lowest BCUT2D eigenvalue weighted by molar-refractivity contribution is 0.109. The van der Waals surface area contributed by atoms with Gasteiger partial charge in [-0.25, -0.2) is 4.39 Å². The van der Waals surface area contributed by atoms with Crippen molar-refractivity contribution in [2.45, 2.75) is 71.5 Å². The number of alkyl halides is 1. The Hall–Kier alpha value is -0.110. The zero-order valence-corrected chi connectivity index (χ0v) is 11.4. The van der Waals surface area contributed by atoms with Crippen molar-refractivity contribution in [3.8, 4) is 0 Å². The molecule has 0 aromatic heterocycles. The lowest BCUT2D eigenvalue weighted by Gasteiger charge is -2.34. The number of hydrogen-bond acceptors (Lipinski definition) is 1. The second-order valence-corrected chi connectivity index (χ2v) is 6.26. The fourth-order valence-electron chi connectivity index (χ4n) is 2.77. The first-order valence-electron chi connectivity index (χ1n) is 6.83. The summed E-state index contributed by atoms with van der Waals surface area (Å²) in [5.41, 5.74) is 0.0285. The molecule has 0 aromatic carbocycles. The van der Waals surface area contributed by atoms with Gasteiger partial charge in [-0.15, -0.1) is 0 Å². The number of rotatable bonds is 4. The molecule has 0 bridgehead atoms. The van der Waals surface area contributed by atoms with Gasteiger partial charge >= 0.3 is 0 Å². The lowest BCUT2D eigenvalue weighted by atomic mass is 9.75. The zero-order chi connectivity index (χ0) is 12.2. The second-order valence-electron chi connectivity index (χ2n) is 6.26. The van der Waals surface area contributed by atoms with Crippen LogP contribution in [0.4, 0.5) is 4.39 Å². The van der Waals surface area contributed by atoms with E-state index in [1.54, 1.807) is 0 Å². The Labute approximate surface area is 100 Å². The van der Waals surface area contributed by atoms with E-state index in [0.29, 0.717) is 18.4 Å². The zero-order valence-electron chi connectivity index (χ0n) is 11.4. The highest BCUT2D eigenvalue weighted by Crippen LogP contribution is 2.35. The summed E-state index contributed by atoms with van der Waals surface area (Å²) in [6, 6.07) is 0. The molecule has 0 radical (unpaired) electrons. The summed E-state index contributed by atoms with van der Waals surface area (Å²) < 4.78 is 14.2. The van der Waals surface area contributed by atoms with E-state index in [2.05, 4.69) is 33.0 Å². The van der Waals surface area contributed by atoms with Crippen LogP contribution in [0.2, 0.25) is 0 Å². The molecule has 16 heavy (non-hydrogen) atoms. The Morgan fingerprint density at radius 1 is 1.25 bits per heavy atom. The number of nitrogens with one attached hydrogen (secondary N) is 1. The van der Waals surface area contributed by atoms with E-state index in [1.165, 1.54) is 19.3 Å². The van der Waals surface area contributed by atoms with Crippen LogP contribution in [0.3, 0.4) is 0 Å². The standard InChI is InChI=1S/C14H28FN/c1-5-11-8-6-7-9-12(11)13(15)10-16-14(2,3)4/h11-13,16H,5-10H2,1-4H3. The molecular weight excluding hydrogens is 201 g/mol. The molecule has 0 amide bonds. The molecule has 3 unspecified atom stereocenters. The van der Waals surface area contributed by atoms with Crippen LogP contribution in [-0.2, 0) is 0 Å². The van der Waals surface area contributed by atoms with Gasteiger partial charge in [-0.05, 0) is 39.0 Å². The van der Waals surface area contributed by atoms with Crippen molar-refractivity contribution in [3.63, 3.8) is 0 Å². The van der Waals surface area contributed by atoms with Crippen LogP contribution in [-0.4, -0.2) is 18.3 Å². The van der Waals surface area contributed by atoms with Crippen molar-refractivity contribution in [1.29, 1.82) is 0 Å². The van der Waals surface area contributed by atoms with Gasteiger partial charge < -0.3 is 5.32 Å². The summed E-state index contributed by atoms with van der Waals surface area (Å²) >= 11 is 0. The molecule has 0 spiro atoms. The quantitative estimate of drug-likeness (QED) is 0.770. The van der Waals surface area contributed by atoms with Crippen LogP contribution in [0, 0.1) is 11.8 Å². The third-order valence-corrected chi connectivity index (χ3v) is 3.78. The van der Waals surface area contributed by atoms with Gasteiger partial charge in [0.15, 0.2) is 0 Å². The summed E-state index contributed by atoms with van der Waals surface area (Å²) in [6.07, 6.45) is 5.32. The topological polar surface area (TPSA) is 12.0 Å². The third kappa shape index (κ3) is 4.40. The summed E-state index contributed by atoms with van der Waals surface area (Å²) in [5.74, 6) is 0.916. The van der Waals surface area contributed by atoms with Crippen molar-refractivity contribution in [1.82, 2.24) is 5.32 Å². The summed E-state index contributed by atoms with van der Waals surface area (Å²) in [6.45, 7) is 9.01. The van der Waals surface area contributed by atoms with Crippen LogP contribution in [0.1, 0.15) is 59.8 Å². The lowest BCUT2D eigenvalue weighted by Crippen LogP contribution is -2.43. The molecule has 0 aromatic rings. The van der Waals surface area contributed by atoms with E-state index >= 15 is 0 Å². The molecule has 2 heteroatoms. The average Bonchev–Trinajstić information content (AvgIpc) is 2.25. The van der Waals surface area contributed by atoms with E-state index in [0.717, 1.165) is 12.8 Å². The highest BCUT2D eigenvalue weighted by atomic mass is 19.1. The van der Waals surface area contributed by atoms with Crippen molar-refractivity contribution < 1.29 is 4.39 Å². The van der Waals surface area contributed by atoms with Crippen molar-refractivity contribution >= 4 is 0 Å². The van der Waals surface area contributed by atoms with Gasteiger partial charge in [0.2, 0.25) is 0 Å². The summed E-state index contributed by atoms with van der Waals surface area (Å²) in [5, 5.41) is 3.29. The highest BCUT2D eigenvalue weighted by Gasteiger charge is 2.31. The van der Waals surface area contributed by atoms with Crippen LogP contribution in [0.15, 0.2) is 0 Å². The molecule has 96 valence electrons. The Morgan fingerprint density at radius 3 is 2.44 bits per heavy atom. The number of hydrogen-bond donors (Lipinski definition) is 1. The largest absolute Gasteiger partial charge is 0.309 e. The molecular formula is C14H28FN. The molecule has 0 heterocycles. The minimum absolute atomic E-state index is 0.0285. The van der Waals surface area contributed by atoms with Gasteiger partial charge in [0.25, 0.3) is 0 Å². The van der Waals surface area contributed by atoms with E-state index in [-0.39, 0.29) is 5.54 Å². The smallest absolute Gasteiger partial charge is 0.116 e. The molecule has 0 saturated heterocycles. The fourth-order valence-corrected chi connectivity index (χ4v) is 2.77. The molecule has 1 N–H and O–H groups in total. The van der Waals surface area contributed by atoms with Gasteiger partial charge in [-0.2, -0.15) is 0 Å². The first kappa shape index (κ1) is 14.0. The van der Waals surface area contributed by atoms with Gasteiger partial charge in [0.1, 0.15) is 6.17 Å². The van der Waals surface area contributed by atoms with Crippen molar-refractivity contribution in [2.24, 2.45) is 11.8 Å². The molecule has 1 fully saturated rings. The maximum absolute atomic E-state index is 14.2. The normalized spacial score (nSPS) is 29.1. The average molecular weight is 229 g/mol. The van der Waals surface area contributed by atoms with E-state index in [9.17, 15) is 4.39 Å². The van der Waals surface area contributed by atoms with Crippen LogP contribution in [0.5, 0.6) is 0 Å². The molecule has 1 saturated carbocycles. The molecule has 1 nitrogen and oxygen atoms in total. The SMILES string of the molecule is CCC1CCCCC1C(F)CNC(C)(C)C. The first-order valence-corrected chi connectivity index (χ1v) is 6.83. The predicted molar refractivity (Wildman–Crippen MR) is 68.4 cm³/mol. The summed E-state index contributed by atoms with van der Waals surface area (Å²) in [4.78, 5) is 0. The highest BCUT2D eigenvalue weighted by molar-refractivity contribution is 4.83. The molecule has 1 aliphatic carbocycles. The second kappa shape index (κ2) is 6.00. The molecule has 1 aliphatic rings. The van der Waals surface area contributed by atoms with Crippen LogP contribution in [0.25, 0.3) is 0 Å². The Morgan fingerprint density at radius 2 is 1.88 bits per heavy atom. The van der Waals surface area contributed by atoms with E-state index in [1.807, 2.05) is 0 Å². The fraction of sp³-hybridized carbons (Fsp3) is 1.00. The molecule has 1 rings (SSSR count). The summed E-state index contributed by atoms with van der Waals surface area (Å²) in [7, 11) is 0. The first-order chi connectivity index (χ1) is 7.44. The molecule has 0 aliphatic heterocycles. The van der Waals surface area contributed by atoms with Crippen LogP contribution < -0.4 is 5.32 Å². The minimum Gasteiger partial charge on any atom is -0.309 e. The van der Waals surface area contributed by atoms with Crippen molar-refractivity contribution in [3.05, 3.63) is 0 Å². The van der Waals surface area contributed by atoms with E-state index < -0.39 is 6.17 Å². The minimum atomic E-state index is -0.663. The number of halogens is 1. The Bertz CT molecular complexity index is 197. The van der Waals surface area contributed by atoms with Crippen molar-refractivity contribution in [2.75, 3.05) is 6.54 Å². The van der Waals surface area contributed by atoms with Gasteiger partial charge in [0, 0.05) is 12.1 Å². The van der Waals surface area contributed by atoms with E-state index in [4.69, 9.17) is 0 Å². The van der Waals surface area contributed by atoms with Gasteiger partial charge in [0.05, 0.1) is 0 Å². The van der Waals surface area contributed by atoms with Gasteiger partial charge in [-0.3, -0.25) is 0 Å². The Balaban J connectivity index is 2.41. The Kier molecular flexibility index (Phi) is 5.23. The monoisotopic (exact) mass is 229 g/mol.